The largest absolute Gasteiger partial charge is 0.481 e. The van der Waals surface area contributed by atoms with Crippen molar-refractivity contribution in [3.63, 3.8) is 0 Å². The normalized spacial score (nSPS) is 19.9. The van der Waals surface area contributed by atoms with E-state index >= 15 is 0 Å². The van der Waals surface area contributed by atoms with E-state index in [4.69, 9.17) is 5.11 Å². The molecule has 0 saturated heterocycles. The molecule has 0 heterocycles. The molecule has 0 aliphatic heterocycles. The Morgan fingerprint density at radius 2 is 2.06 bits per heavy atom. The molecule has 1 atom stereocenters. The molecule has 0 bridgehead atoms. The highest BCUT2D eigenvalue weighted by Crippen LogP contribution is 2.24. The van der Waals surface area contributed by atoms with Crippen LogP contribution < -0.4 is 0 Å². The maximum atomic E-state index is 11.4. The molecule has 0 amide bonds. The first kappa shape index (κ1) is 12.9. The number of hydrogen-bond acceptors (Lipinski definition) is 2. The van der Waals surface area contributed by atoms with Crippen LogP contribution in [0.1, 0.15) is 51.9 Å². The zero-order valence-electron chi connectivity index (χ0n) is 9.87. The van der Waals surface area contributed by atoms with E-state index in [9.17, 15) is 9.59 Å². The van der Waals surface area contributed by atoms with Gasteiger partial charge < -0.3 is 5.11 Å². The summed E-state index contributed by atoms with van der Waals surface area (Å²) in [7, 11) is 0. The third-order valence-electron chi connectivity index (χ3n) is 2.94. The minimum Gasteiger partial charge on any atom is -0.481 e. The summed E-state index contributed by atoms with van der Waals surface area (Å²) in [6.07, 6.45) is 7.61. The average Bonchev–Trinajstić information content (AvgIpc) is 2.50. The minimum absolute atomic E-state index is 0.263. The van der Waals surface area contributed by atoms with Crippen LogP contribution in [0.5, 0.6) is 0 Å². The van der Waals surface area contributed by atoms with Crippen molar-refractivity contribution in [3.05, 3.63) is 11.6 Å². The molecule has 0 saturated carbocycles. The van der Waals surface area contributed by atoms with Crippen molar-refractivity contribution < 1.29 is 14.7 Å². The van der Waals surface area contributed by atoms with E-state index in [2.05, 4.69) is 13.0 Å². The van der Waals surface area contributed by atoms with Gasteiger partial charge in [-0.25, -0.2) is 0 Å². The molecular formula is C13H20O3. The summed E-state index contributed by atoms with van der Waals surface area (Å²) in [4.78, 5) is 21.7. The van der Waals surface area contributed by atoms with E-state index in [-0.39, 0.29) is 6.42 Å². The van der Waals surface area contributed by atoms with Crippen molar-refractivity contribution >= 4 is 11.8 Å². The quantitative estimate of drug-likeness (QED) is 0.676. The van der Waals surface area contributed by atoms with Crippen LogP contribution in [-0.2, 0) is 9.59 Å². The molecule has 1 unspecified atom stereocenters. The van der Waals surface area contributed by atoms with Crippen LogP contribution in [0, 0.1) is 5.92 Å². The van der Waals surface area contributed by atoms with Crippen LogP contribution in [0.15, 0.2) is 11.6 Å². The number of carboxylic acids is 1. The van der Waals surface area contributed by atoms with Gasteiger partial charge in [0.05, 0.1) is 0 Å². The number of hydrogen-bond donors (Lipinski definition) is 1. The van der Waals surface area contributed by atoms with Gasteiger partial charge in [0, 0.05) is 12.8 Å². The van der Waals surface area contributed by atoms with Gasteiger partial charge in [-0.2, -0.15) is 0 Å². The summed E-state index contributed by atoms with van der Waals surface area (Å²) in [5.41, 5.74) is 0.991. The predicted molar refractivity (Wildman–Crippen MR) is 62.2 cm³/mol. The molecule has 0 aromatic rings. The second kappa shape index (κ2) is 6.46. The lowest BCUT2D eigenvalue weighted by Crippen LogP contribution is -1.97. The monoisotopic (exact) mass is 224 g/mol. The van der Waals surface area contributed by atoms with Gasteiger partial charge in [-0.3, -0.25) is 9.59 Å². The maximum absolute atomic E-state index is 11.4. The molecule has 1 N–H and O–H groups in total. The molecular weight excluding hydrogens is 204 g/mol. The van der Waals surface area contributed by atoms with E-state index in [0.29, 0.717) is 18.1 Å². The predicted octanol–water partition coefficient (Wildman–Crippen LogP) is 2.95. The fourth-order valence-electron chi connectivity index (χ4n) is 2.09. The Bertz CT molecular complexity index is 292. The number of rotatable bonds is 7. The second-order valence-electron chi connectivity index (χ2n) is 4.60. The van der Waals surface area contributed by atoms with Crippen LogP contribution >= 0.6 is 0 Å². The number of aliphatic carboxylic acids is 1. The number of carbonyl (C=O) groups is 2. The first-order chi connectivity index (χ1) is 7.59. The van der Waals surface area contributed by atoms with Gasteiger partial charge in [0.25, 0.3) is 0 Å². The number of carboxylic acid groups (broad SMARTS) is 1. The van der Waals surface area contributed by atoms with E-state index in [0.717, 1.165) is 37.7 Å². The molecule has 1 aliphatic rings. The number of carbonyl (C=O) groups excluding carboxylic acids is 1. The highest BCUT2D eigenvalue weighted by Gasteiger charge is 2.19. The standard InChI is InChI=1S/C13H20O3/c1-10-8-11(12(14)9-10)6-4-2-3-5-7-13(15)16/h8,10H,2-7,9H2,1H3,(H,15,16). The first-order valence-corrected chi connectivity index (χ1v) is 6.05. The van der Waals surface area contributed by atoms with Gasteiger partial charge in [0.15, 0.2) is 5.78 Å². The van der Waals surface area contributed by atoms with Crippen molar-refractivity contribution in [2.24, 2.45) is 5.92 Å². The minimum atomic E-state index is -0.720. The molecule has 90 valence electrons. The van der Waals surface area contributed by atoms with Crippen molar-refractivity contribution in [3.8, 4) is 0 Å². The number of ketones is 1. The van der Waals surface area contributed by atoms with Crippen LogP contribution in [0.4, 0.5) is 0 Å². The third-order valence-corrected chi connectivity index (χ3v) is 2.94. The molecule has 0 radical (unpaired) electrons. The van der Waals surface area contributed by atoms with Gasteiger partial charge in [0.1, 0.15) is 0 Å². The Morgan fingerprint density at radius 3 is 2.62 bits per heavy atom. The summed E-state index contributed by atoms with van der Waals surface area (Å²) in [5.74, 6) is -0.00458. The zero-order valence-corrected chi connectivity index (χ0v) is 9.87. The number of allylic oxidation sites excluding steroid dienone is 2. The van der Waals surface area contributed by atoms with Gasteiger partial charge in [-0.15, -0.1) is 0 Å². The van der Waals surface area contributed by atoms with Crippen LogP contribution in [0.25, 0.3) is 0 Å². The summed E-state index contributed by atoms with van der Waals surface area (Å²) in [5, 5.41) is 8.45. The molecule has 0 spiro atoms. The molecule has 0 aromatic heterocycles. The third kappa shape index (κ3) is 4.60. The van der Waals surface area contributed by atoms with Crippen molar-refractivity contribution in [2.45, 2.75) is 51.9 Å². The highest BCUT2D eigenvalue weighted by atomic mass is 16.4. The fraction of sp³-hybridized carbons (Fsp3) is 0.692. The Labute approximate surface area is 96.5 Å². The Balaban J connectivity index is 2.05. The Hall–Kier alpha value is -1.12. The molecule has 1 aliphatic carbocycles. The second-order valence-corrected chi connectivity index (χ2v) is 4.60. The molecule has 0 aromatic carbocycles. The van der Waals surface area contributed by atoms with Gasteiger partial charge in [-0.05, 0) is 30.8 Å². The topological polar surface area (TPSA) is 54.4 Å². The smallest absolute Gasteiger partial charge is 0.303 e. The van der Waals surface area contributed by atoms with Crippen LogP contribution in [0.2, 0.25) is 0 Å². The zero-order chi connectivity index (χ0) is 12.0. The van der Waals surface area contributed by atoms with Gasteiger partial charge in [-0.1, -0.05) is 25.8 Å². The summed E-state index contributed by atoms with van der Waals surface area (Å²) in [6.45, 7) is 2.07. The van der Waals surface area contributed by atoms with Crippen LogP contribution in [0.3, 0.4) is 0 Å². The highest BCUT2D eigenvalue weighted by molar-refractivity contribution is 5.97. The van der Waals surface area contributed by atoms with Gasteiger partial charge >= 0.3 is 5.97 Å². The first-order valence-electron chi connectivity index (χ1n) is 6.05. The van der Waals surface area contributed by atoms with E-state index < -0.39 is 5.97 Å². The molecule has 3 heteroatoms. The average molecular weight is 224 g/mol. The fourth-order valence-corrected chi connectivity index (χ4v) is 2.09. The lowest BCUT2D eigenvalue weighted by atomic mass is 10.0. The molecule has 0 fully saturated rings. The van der Waals surface area contributed by atoms with E-state index in [1.54, 1.807) is 0 Å². The maximum Gasteiger partial charge on any atom is 0.303 e. The molecule has 16 heavy (non-hydrogen) atoms. The van der Waals surface area contributed by atoms with E-state index in [1.165, 1.54) is 0 Å². The van der Waals surface area contributed by atoms with Crippen molar-refractivity contribution in [2.75, 3.05) is 0 Å². The van der Waals surface area contributed by atoms with Gasteiger partial charge in [0.2, 0.25) is 0 Å². The molecule has 3 nitrogen and oxygen atoms in total. The lowest BCUT2D eigenvalue weighted by Gasteiger charge is -2.00. The summed E-state index contributed by atoms with van der Waals surface area (Å²) >= 11 is 0. The lowest BCUT2D eigenvalue weighted by molar-refractivity contribution is -0.137. The summed E-state index contributed by atoms with van der Waals surface area (Å²) < 4.78 is 0. The SMILES string of the molecule is CC1C=C(CCCCCCC(=O)O)C(=O)C1. The number of Topliss-reactive ketones (excluding diaryl/α,β-unsaturated/α-hetero) is 1. The van der Waals surface area contributed by atoms with Crippen LogP contribution in [-0.4, -0.2) is 16.9 Å². The number of unbranched alkanes of at least 4 members (excludes halogenated alkanes) is 3. The van der Waals surface area contributed by atoms with Crippen molar-refractivity contribution in [1.82, 2.24) is 0 Å². The Kier molecular flexibility index (Phi) is 5.23. The summed E-state index contributed by atoms with van der Waals surface area (Å²) in [6, 6.07) is 0. The Morgan fingerprint density at radius 1 is 1.38 bits per heavy atom. The van der Waals surface area contributed by atoms with E-state index in [1.807, 2.05) is 0 Å². The van der Waals surface area contributed by atoms with Crippen molar-refractivity contribution in [1.29, 1.82) is 0 Å². The molecule has 1 rings (SSSR count).